The normalized spacial score (nSPS) is 14.2. The first-order valence-electron chi connectivity index (χ1n) is 10.9. The monoisotopic (exact) mass is 519 g/mol. The minimum absolute atomic E-state index is 0.0426. The van der Waals surface area contributed by atoms with Gasteiger partial charge in [0.05, 0.1) is 9.99 Å². The van der Waals surface area contributed by atoms with Gasteiger partial charge >= 0.3 is 6.09 Å². The van der Waals surface area contributed by atoms with Gasteiger partial charge in [-0.15, -0.1) is 0 Å². The summed E-state index contributed by atoms with van der Waals surface area (Å²) in [6, 6.07) is 15.8. The Kier molecular flexibility index (Phi) is 6.27. The molecule has 0 atom stereocenters. The molecule has 0 radical (unpaired) electrons. The molecule has 1 fully saturated rings. The number of aromatic nitrogens is 3. The van der Waals surface area contributed by atoms with Gasteiger partial charge < -0.3 is 20.1 Å². The summed E-state index contributed by atoms with van der Waals surface area (Å²) in [5.74, 6) is 1.17. The van der Waals surface area contributed by atoms with Crippen LogP contribution in [-0.2, 0) is 0 Å². The third-order valence-electron chi connectivity index (χ3n) is 5.75. The van der Waals surface area contributed by atoms with Gasteiger partial charge in [0.25, 0.3) is 0 Å². The van der Waals surface area contributed by atoms with Crippen molar-refractivity contribution in [2.24, 2.45) is 0 Å². The van der Waals surface area contributed by atoms with Gasteiger partial charge in [0.15, 0.2) is 0 Å². The topological polar surface area (TPSA) is 100 Å². The Hall–Kier alpha value is -3.72. The van der Waals surface area contributed by atoms with Crippen LogP contribution in [0.4, 0.5) is 16.4 Å². The van der Waals surface area contributed by atoms with Crippen LogP contribution in [0.2, 0.25) is 0 Å². The molecule has 3 heterocycles. The first kappa shape index (κ1) is 22.1. The van der Waals surface area contributed by atoms with E-state index in [9.17, 15) is 4.79 Å². The number of ether oxygens (including phenoxy) is 1. The Bertz CT molecular complexity index is 1330. The lowest BCUT2D eigenvalue weighted by atomic mass is 10.1. The number of amides is 1. The van der Waals surface area contributed by atoms with E-state index in [2.05, 4.69) is 36.2 Å². The van der Waals surface area contributed by atoms with Crippen molar-refractivity contribution in [1.82, 2.24) is 19.9 Å². The van der Waals surface area contributed by atoms with Gasteiger partial charge in [0.1, 0.15) is 11.9 Å². The van der Waals surface area contributed by atoms with Crippen LogP contribution in [0.25, 0.3) is 22.0 Å². The highest BCUT2D eigenvalue weighted by molar-refractivity contribution is 9.10. The van der Waals surface area contributed by atoms with Gasteiger partial charge in [-0.05, 0) is 45.8 Å². The number of benzene rings is 2. The molecular formula is C25H22BrN5O3. The molecule has 0 saturated carbocycles. The Morgan fingerprint density at radius 3 is 2.68 bits per heavy atom. The van der Waals surface area contributed by atoms with Crippen LogP contribution in [-0.4, -0.2) is 50.2 Å². The maximum atomic E-state index is 11.1. The number of carbonyl (C=O) groups is 1. The largest absolute Gasteiger partial charge is 0.489 e. The van der Waals surface area contributed by atoms with Gasteiger partial charge in [-0.1, -0.05) is 18.2 Å². The molecule has 0 unspecified atom stereocenters. The highest BCUT2D eigenvalue weighted by atomic mass is 79.9. The smallest absolute Gasteiger partial charge is 0.407 e. The number of pyridine rings is 1. The molecular weight excluding hydrogens is 498 g/mol. The van der Waals surface area contributed by atoms with E-state index >= 15 is 0 Å². The van der Waals surface area contributed by atoms with Crippen molar-refractivity contribution >= 4 is 44.6 Å². The van der Waals surface area contributed by atoms with Crippen LogP contribution in [0.1, 0.15) is 12.8 Å². The predicted molar refractivity (Wildman–Crippen MR) is 133 cm³/mol. The maximum Gasteiger partial charge on any atom is 0.407 e. The second-order valence-electron chi connectivity index (χ2n) is 8.07. The fourth-order valence-electron chi connectivity index (χ4n) is 3.97. The summed E-state index contributed by atoms with van der Waals surface area (Å²) in [6.07, 6.45) is 5.74. The fraction of sp³-hybridized carbons (Fsp3) is 0.200. The Labute approximate surface area is 204 Å². The van der Waals surface area contributed by atoms with Crippen LogP contribution in [0.3, 0.4) is 0 Å². The van der Waals surface area contributed by atoms with Gasteiger partial charge in [-0.25, -0.2) is 14.8 Å². The van der Waals surface area contributed by atoms with E-state index in [1.54, 1.807) is 12.4 Å². The first-order valence-corrected chi connectivity index (χ1v) is 11.7. The number of fused-ring (bicyclic) bond motifs is 1. The molecule has 0 aliphatic carbocycles. The molecule has 1 saturated heterocycles. The van der Waals surface area contributed by atoms with Crippen LogP contribution in [0, 0.1) is 0 Å². The standard InChI is InChI=1S/C25H22BrN5O3/c26-21-12-18-15-28-24(29-19-5-1-3-16(11-19)17-4-2-8-27-14-17)30-22(18)13-23(21)34-20-6-9-31(10-7-20)25(32)33/h1-5,8,11-15,20H,6-7,9-10H2,(H,32,33)(H,28,29,30). The zero-order valence-corrected chi connectivity index (χ0v) is 19.8. The summed E-state index contributed by atoms with van der Waals surface area (Å²) >= 11 is 3.58. The molecule has 1 aliphatic heterocycles. The summed E-state index contributed by atoms with van der Waals surface area (Å²) in [5.41, 5.74) is 3.71. The van der Waals surface area contributed by atoms with E-state index in [4.69, 9.17) is 9.84 Å². The third kappa shape index (κ3) is 4.94. The van der Waals surface area contributed by atoms with Crippen molar-refractivity contribution in [3.05, 3.63) is 71.6 Å². The van der Waals surface area contributed by atoms with Crippen LogP contribution < -0.4 is 10.1 Å². The molecule has 4 aromatic rings. The molecule has 1 aliphatic rings. The average Bonchev–Trinajstić information content (AvgIpc) is 2.86. The highest BCUT2D eigenvalue weighted by Gasteiger charge is 2.24. The zero-order chi connectivity index (χ0) is 23.5. The molecule has 5 rings (SSSR count). The van der Waals surface area contributed by atoms with Crippen LogP contribution >= 0.6 is 15.9 Å². The summed E-state index contributed by atoms with van der Waals surface area (Å²) in [4.78, 5) is 25.9. The van der Waals surface area contributed by atoms with Gasteiger partial charge in [0.2, 0.25) is 5.95 Å². The molecule has 34 heavy (non-hydrogen) atoms. The van der Waals surface area contributed by atoms with Gasteiger partial charge in [-0.3, -0.25) is 4.98 Å². The summed E-state index contributed by atoms with van der Waals surface area (Å²) in [5, 5.41) is 13.3. The number of hydrogen-bond acceptors (Lipinski definition) is 6. The molecule has 0 bridgehead atoms. The Morgan fingerprint density at radius 1 is 1.09 bits per heavy atom. The third-order valence-corrected chi connectivity index (χ3v) is 6.37. The number of anilines is 2. The van der Waals surface area contributed by atoms with Gasteiger partial charge in [-0.2, -0.15) is 0 Å². The van der Waals surface area contributed by atoms with E-state index in [1.165, 1.54) is 4.90 Å². The zero-order valence-electron chi connectivity index (χ0n) is 18.2. The lowest BCUT2D eigenvalue weighted by Crippen LogP contribution is -2.41. The predicted octanol–water partition coefficient (Wildman–Crippen LogP) is 5.72. The molecule has 8 nitrogen and oxygen atoms in total. The second-order valence-corrected chi connectivity index (χ2v) is 8.92. The minimum atomic E-state index is -0.881. The summed E-state index contributed by atoms with van der Waals surface area (Å²) < 4.78 is 7.01. The molecule has 0 spiro atoms. The first-order chi connectivity index (χ1) is 16.5. The van der Waals surface area contributed by atoms with Crippen molar-refractivity contribution in [2.45, 2.75) is 18.9 Å². The van der Waals surface area contributed by atoms with Crippen LogP contribution in [0.5, 0.6) is 5.75 Å². The quantitative estimate of drug-likeness (QED) is 0.347. The molecule has 9 heteroatoms. The van der Waals surface area contributed by atoms with Gasteiger partial charge in [0, 0.05) is 67.2 Å². The van der Waals surface area contributed by atoms with Crippen molar-refractivity contribution in [3.63, 3.8) is 0 Å². The number of hydrogen-bond donors (Lipinski definition) is 2. The van der Waals surface area contributed by atoms with E-state index < -0.39 is 6.09 Å². The number of nitrogens with zero attached hydrogens (tertiary/aromatic N) is 4. The van der Waals surface area contributed by atoms with Crippen molar-refractivity contribution in [2.75, 3.05) is 18.4 Å². The van der Waals surface area contributed by atoms with Crippen molar-refractivity contribution < 1.29 is 14.6 Å². The molecule has 2 aromatic carbocycles. The van der Waals surface area contributed by atoms with E-state index in [1.807, 2.05) is 54.7 Å². The fourth-order valence-corrected chi connectivity index (χ4v) is 4.42. The number of halogens is 1. The Morgan fingerprint density at radius 2 is 1.91 bits per heavy atom. The highest BCUT2D eigenvalue weighted by Crippen LogP contribution is 2.32. The Balaban J connectivity index is 1.34. The maximum absolute atomic E-state index is 11.1. The number of carboxylic acid groups (broad SMARTS) is 1. The van der Waals surface area contributed by atoms with E-state index in [-0.39, 0.29) is 6.10 Å². The minimum Gasteiger partial charge on any atom is -0.489 e. The lowest BCUT2D eigenvalue weighted by molar-refractivity contribution is 0.0891. The average molecular weight is 520 g/mol. The molecule has 172 valence electrons. The SMILES string of the molecule is O=C(O)N1CCC(Oc2cc3nc(Nc4cccc(-c5cccnc5)c4)ncc3cc2Br)CC1. The molecule has 2 N–H and O–H groups in total. The van der Waals surface area contributed by atoms with Crippen molar-refractivity contribution in [1.29, 1.82) is 0 Å². The van der Waals surface area contributed by atoms with Crippen LogP contribution in [0.15, 0.2) is 71.6 Å². The number of nitrogens with one attached hydrogen (secondary N) is 1. The number of piperidine rings is 1. The van der Waals surface area contributed by atoms with E-state index in [0.717, 1.165) is 32.2 Å². The number of rotatable bonds is 5. The second kappa shape index (κ2) is 9.64. The molecule has 2 aromatic heterocycles. The van der Waals surface area contributed by atoms with E-state index in [0.29, 0.717) is 37.6 Å². The summed E-state index contributed by atoms with van der Waals surface area (Å²) in [7, 11) is 0. The molecule has 1 amide bonds. The number of likely N-dealkylation sites (tertiary alicyclic amines) is 1. The van der Waals surface area contributed by atoms with Crippen molar-refractivity contribution in [3.8, 4) is 16.9 Å². The lowest BCUT2D eigenvalue weighted by Gasteiger charge is -2.30. The summed E-state index contributed by atoms with van der Waals surface area (Å²) in [6.45, 7) is 0.944.